The van der Waals surface area contributed by atoms with Gasteiger partial charge in [0.25, 0.3) is 5.91 Å². The van der Waals surface area contributed by atoms with Crippen LogP contribution in [0.2, 0.25) is 0 Å². The maximum absolute atomic E-state index is 12.7. The maximum Gasteiger partial charge on any atom is 0.266 e. The lowest BCUT2D eigenvalue weighted by atomic mass is 9.88. The van der Waals surface area contributed by atoms with Gasteiger partial charge in [-0.3, -0.25) is 4.79 Å². The van der Waals surface area contributed by atoms with Gasteiger partial charge in [-0.2, -0.15) is 0 Å². The van der Waals surface area contributed by atoms with Crippen LogP contribution in [0.25, 0.3) is 0 Å². The molecule has 1 aliphatic rings. The number of hydrogen-bond acceptors (Lipinski definition) is 4. The van der Waals surface area contributed by atoms with Gasteiger partial charge in [0.15, 0.2) is 0 Å². The largest absolute Gasteiger partial charge is 0.374 e. The third-order valence-corrected chi connectivity index (χ3v) is 4.49. The normalized spacial score (nSPS) is 20.5. The minimum absolute atomic E-state index is 0.0491. The number of thiazole rings is 1. The van der Waals surface area contributed by atoms with E-state index < -0.39 is 0 Å². The van der Waals surface area contributed by atoms with Crippen LogP contribution in [0.1, 0.15) is 55.9 Å². The van der Waals surface area contributed by atoms with Gasteiger partial charge < -0.3 is 9.64 Å². The van der Waals surface area contributed by atoms with Crippen LogP contribution in [0.3, 0.4) is 0 Å². The van der Waals surface area contributed by atoms with Crippen LogP contribution in [-0.2, 0) is 4.74 Å². The topological polar surface area (TPSA) is 42.4 Å². The van der Waals surface area contributed by atoms with Crippen molar-refractivity contribution in [1.29, 1.82) is 0 Å². The molecule has 20 heavy (non-hydrogen) atoms. The average Bonchev–Trinajstić information content (AvgIpc) is 2.86. The molecule has 1 atom stereocenters. The highest BCUT2D eigenvalue weighted by atomic mass is 32.1. The molecule has 1 aliphatic heterocycles. The number of ether oxygens (including phenoxy) is 1. The Morgan fingerprint density at radius 2 is 2.20 bits per heavy atom. The Morgan fingerprint density at radius 3 is 2.80 bits per heavy atom. The SMILES string of the molecule is CC(C)c1ncsc1C(=O)N1CCO[C@@H](C(C)(C)C)C1. The van der Waals surface area contributed by atoms with Crippen molar-refractivity contribution in [3.05, 3.63) is 16.1 Å². The van der Waals surface area contributed by atoms with Gasteiger partial charge in [0.1, 0.15) is 4.88 Å². The molecule has 0 bridgehead atoms. The molecule has 0 N–H and O–H groups in total. The average molecular weight is 296 g/mol. The first-order valence-corrected chi connectivity index (χ1v) is 8.03. The van der Waals surface area contributed by atoms with Gasteiger partial charge in [-0.1, -0.05) is 34.6 Å². The summed E-state index contributed by atoms with van der Waals surface area (Å²) < 4.78 is 5.81. The Kier molecular flexibility index (Phi) is 4.49. The number of hydrogen-bond donors (Lipinski definition) is 0. The summed E-state index contributed by atoms with van der Waals surface area (Å²) >= 11 is 1.45. The molecule has 0 aromatic carbocycles. The third kappa shape index (κ3) is 3.20. The van der Waals surface area contributed by atoms with Crippen molar-refractivity contribution in [3.8, 4) is 0 Å². The Balaban J connectivity index is 2.15. The Labute approximate surface area is 125 Å². The highest BCUT2D eigenvalue weighted by molar-refractivity contribution is 7.11. The number of morpholine rings is 1. The van der Waals surface area contributed by atoms with Crippen LogP contribution in [0, 0.1) is 5.41 Å². The molecule has 5 heteroatoms. The van der Waals surface area contributed by atoms with Gasteiger partial charge >= 0.3 is 0 Å². The van der Waals surface area contributed by atoms with Crippen LogP contribution >= 0.6 is 11.3 Å². The van der Waals surface area contributed by atoms with Crippen LogP contribution < -0.4 is 0 Å². The first-order valence-electron chi connectivity index (χ1n) is 7.15. The van der Waals surface area contributed by atoms with Gasteiger partial charge in [0.05, 0.1) is 23.9 Å². The van der Waals surface area contributed by atoms with E-state index in [2.05, 4.69) is 39.6 Å². The van der Waals surface area contributed by atoms with Crippen LogP contribution in [0.15, 0.2) is 5.51 Å². The molecule has 0 radical (unpaired) electrons. The van der Waals surface area contributed by atoms with E-state index in [1.54, 1.807) is 5.51 Å². The minimum Gasteiger partial charge on any atom is -0.374 e. The van der Waals surface area contributed by atoms with Crippen LogP contribution in [0.5, 0.6) is 0 Å². The molecule has 112 valence electrons. The summed E-state index contributed by atoms with van der Waals surface area (Å²) in [6.07, 6.45) is 0.0932. The van der Waals surface area contributed by atoms with Crippen LogP contribution in [0.4, 0.5) is 0 Å². The molecular formula is C15H24N2O2S. The smallest absolute Gasteiger partial charge is 0.266 e. The fraction of sp³-hybridized carbons (Fsp3) is 0.733. The van der Waals surface area contributed by atoms with Crippen molar-refractivity contribution in [2.24, 2.45) is 5.41 Å². The fourth-order valence-electron chi connectivity index (χ4n) is 2.33. The quantitative estimate of drug-likeness (QED) is 0.842. The molecule has 1 aromatic rings. The monoisotopic (exact) mass is 296 g/mol. The minimum atomic E-state index is 0.0491. The molecule has 0 aliphatic carbocycles. The molecule has 2 rings (SSSR count). The number of carbonyl (C=O) groups excluding carboxylic acids is 1. The van der Waals surface area contributed by atoms with E-state index in [9.17, 15) is 4.79 Å². The number of rotatable bonds is 2. The number of aromatic nitrogens is 1. The fourth-order valence-corrected chi connectivity index (χ4v) is 3.24. The third-order valence-electron chi connectivity index (χ3n) is 3.66. The van der Waals surface area contributed by atoms with E-state index in [0.717, 1.165) is 10.6 Å². The van der Waals surface area contributed by atoms with Gasteiger partial charge in [0.2, 0.25) is 0 Å². The Bertz CT molecular complexity index is 476. The highest BCUT2D eigenvalue weighted by Gasteiger charge is 2.34. The summed E-state index contributed by atoms with van der Waals surface area (Å²) in [5, 5.41) is 0. The van der Waals surface area contributed by atoms with E-state index >= 15 is 0 Å². The lowest BCUT2D eigenvalue weighted by molar-refractivity contribution is -0.0705. The van der Waals surface area contributed by atoms with Crippen molar-refractivity contribution >= 4 is 17.2 Å². The second-order valence-electron chi connectivity index (χ2n) is 6.70. The molecule has 0 unspecified atom stereocenters. The van der Waals surface area contributed by atoms with Crippen molar-refractivity contribution in [3.63, 3.8) is 0 Å². The van der Waals surface area contributed by atoms with Crippen molar-refractivity contribution in [2.75, 3.05) is 19.7 Å². The predicted molar refractivity (Wildman–Crippen MR) is 81.3 cm³/mol. The van der Waals surface area contributed by atoms with Crippen molar-refractivity contribution in [1.82, 2.24) is 9.88 Å². The summed E-state index contributed by atoms with van der Waals surface area (Å²) in [6, 6.07) is 0. The predicted octanol–water partition coefficient (Wildman–Crippen LogP) is 3.15. The van der Waals surface area contributed by atoms with Gasteiger partial charge in [-0.25, -0.2) is 4.98 Å². The lowest BCUT2D eigenvalue weighted by Crippen LogP contribution is -2.50. The molecule has 0 spiro atoms. The van der Waals surface area contributed by atoms with Crippen molar-refractivity contribution < 1.29 is 9.53 Å². The first-order chi connectivity index (χ1) is 9.30. The molecule has 2 heterocycles. The molecule has 1 amide bonds. The summed E-state index contributed by atoms with van der Waals surface area (Å²) in [7, 11) is 0. The number of nitrogens with zero attached hydrogens (tertiary/aromatic N) is 2. The van der Waals surface area contributed by atoms with E-state index in [0.29, 0.717) is 19.7 Å². The second kappa shape index (κ2) is 5.82. The zero-order chi connectivity index (χ0) is 14.9. The lowest BCUT2D eigenvalue weighted by Gasteiger charge is -2.39. The standard InChI is InChI=1S/C15H24N2O2S/c1-10(2)12-13(20-9-16-12)14(18)17-6-7-19-11(8-17)15(3,4)5/h9-11H,6-8H2,1-5H3/t11-/m1/s1. The van der Waals surface area contributed by atoms with E-state index in [1.807, 2.05) is 4.90 Å². The molecular weight excluding hydrogens is 272 g/mol. The second-order valence-corrected chi connectivity index (χ2v) is 7.55. The highest BCUT2D eigenvalue weighted by Crippen LogP contribution is 2.28. The molecule has 4 nitrogen and oxygen atoms in total. The molecule has 0 saturated carbocycles. The number of amides is 1. The van der Waals surface area contributed by atoms with E-state index in [4.69, 9.17) is 4.74 Å². The zero-order valence-electron chi connectivity index (χ0n) is 13.0. The molecule has 1 fully saturated rings. The summed E-state index contributed by atoms with van der Waals surface area (Å²) in [5.74, 6) is 0.383. The Morgan fingerprint density at radius 1 is 1.50 bits per heavy atom. The van der Waals surface area contributed by atoms with Crippen molar-refractivity contribution in [2.45, 2.75) is 46.6 Å². The summed E-state index contributed by atoms with van der Waals surface area (Å²) in [5.41, 5.74) is 2.73. The maximum atomic E-state index is 12.7. The summed E-state index contributed by atoms with van der Waals surface area (Å²) in [4.78, 5) is 19.7. The van der Waals surface area contributed by atoms with E-state index in [-0.39, 0.29) is 23.3 Å². The zero-order valence-corrected chi connectivity index (χ0v) is 13.8. The molecule has 1 aromatic heterocycles. The number of carbonyl (C=O) groups is 1. The van der Waals surface area contributed by atoms with Gasteiger partial charge in [-0.15, -0.1) is 11.3 Å². The molecule has 1 saturated heterocycles. The summed E-state index contributed by atoms with van der Waals surface area (Å²) in [6.45, 7) is 12.5. The van der Waals surface area contributed by atoms with Gasteiger partial charge in [-0.05, 0) is 11.3 Å². The van der Waals surface area contributed by atoms with Crippen LogP contribution in [-0.4, -0.2) is 41.6 Å². The van der Waals surface area contributed by atoms with E-state index in [1.165, 1.54) is 11.3 Å². The first kappa shape index (κ1) is 15.4. The Hall–Kier alpha value is -0.940. The van der Waals surface area contributed by atoms with Gasteiger partial charge in [0, 0.05) is 13.1 Å².